The predicted molar refractivity (Wildman–Crippen MR) is 60.1 cm³/mol. The number of nitrogens with zero attached hydrogens (tertiary/aromatic N) is 2. The number of β-amino-alcohol motifs (C(OH)–C–C–N with tert-alkyl or cyclic N) is 1. The van der Waals surface area contributed by atoms with Gasteiger partial charge in [0.1, 0.15) is 11.3 Å². The number of likely N-dealkylation sites (tertiary alicyclic amines) is 1. The van der Waals surface area contributed by atoms with Crippen LogP contribution in [0.3, 0.4) is 0 Å². The third-order valence-electron chi connectivity index (χ3n) is 3.29. The van der Waals surface area contributed by atoms with Crippen LogP contribution >= 0.6 is 11.3 Å². The molecule has 0 atom stereocenters. The fourth-order valence-corrected chi connectivity index (χ4v) is 2.72. The molecule has 1 aliphatic heterocycles. The first kappa shape index (κ1) is 10.0. The number of nitrogen functional groups attached to an aromatic ring is 1. The Balaban J connectivity index is 1.66. The summed E-state index contributed by atoms with van der Waals surface area (Å²) in [6, 6.07) is 0. The Morgan fingerprint density at radius 1 is 1.62 bits per heavy atom. The molecule has 2 fully saturated rings. The Labute approximate surface area is 96.9 Å². The van der Waals surface area contributed by atoms with Crippen molar-refractivity contribution < 1.29 is 9.90 Å². The van der Waals surface area contributed by atoms with Crippen molar-refractivity contribution in [2.24, 2.45) is 5.92 Å². The number of anilines is 1. The Bertz CT molecular complexity index is 435. The molecule has 0 bridgehead atoms. The molecule has 3 N–H and O–H groups in total. The second kappa shape index (κ2) is 3.18. The quantitative estimate of drug-likeness (QED) is 0.779. The number of hydrogen-bond donors (Lipinski definition) is 2. The van der Waals surface area contributed by atoms with E-state index >= 15 is 0 Å². The molecule has 1 saturated carbocycles. The third-order valence-corrected chi connectivity index (χ3v) is 3.97. The molecule has 2 aliphatic rings. The number of amides is 1. The number of nitrogens with two attached hydrogens (primary N) is 1. The maximum Gasteiger partial charge on any atom is 0.273 e. The van der Waals surface area contributed by atoms with Gasteiger partial charge in [0.25, 0.3) is 5.91 Å². The number of aromatic nitrogens is 1. The van der Waals surface area contributed by atoms with Gasteiger partial charge in [-0.3, -0.25) is 4.79 Å². The van der Waals surface area contributed by atoms with Crippen molar-refractivity contribution >= 4 is 22.4 Å². The molecule has 0 spiro atoms. The average molecular weight is 239 g/mol. The van der Waals surface area contributed by atoms with Crippen LogP contribution in [0, 0.1) is 5.92 Å². The molecule has 1 aliphatic carbocycles. The van der Waals surface area contributed by atoms with Crippen LogP contribution in [0.2, 0.25) is 0 Å². The number of carbonyl (C=O) groups is 1. The van der Waals surface area contributed by atoms with E-state index in [1.54, 1.807) is 10.3 Å². The second-order valence-electron chi connectivity index (χ2n) is 4.61. The number of carbonyl (C=O) groups excluding carboxylic acids is 1. The Kier molecular flexibility index (Phi) is 1.99. The molecule has 2 heterocycles. The molecule has 86 valence electrons. The van der Waals surface area contributed by atoms with Crippen molar-refractivity contribution in [3.05, 3.63) is 11.1 Å². The van der Waals surface area contributed by atoms with Crippen LogP contribution in [0.5, 0.6) is 0 Å². The summed E-state index contributed by atoms with van der Waals surface area (Å²) in [4.78, 5) is 17.5. The smallest absolute Gasteiger partial charge is 0.273 e. The van der Waals surface area contributed by atoms with Crippen LogP contribution in [0.15, 0.2) is 5.38 Å². The van der Waals surface area contributed by atoms with Gasteiger partial charge in [-0.1, -0.05) is 0 Å². The normalized spacial score (nSPS) is 22.9. The van der Waals surface area contributed by atoms with Gasteiger partial charge in [-0.05, 0) is 18.8 Å². The molecule has 1 aromatic heterocycles. The molecule has 1 aromatic rings. The molecule has 0 unspecified atom stereocenters. The molecule has 0 aromatic carbocycles. The minimum absolute atomic E-state index is 0.127. The number of rotatable bonds is 2. The largest absolute Gasteiger partial charge is 0.386 e. The molecular formula is C10H13N3O2S. The molecular weight excluding hydrogens is 226 g/mol. The summed E-state index contributed by atoms with van der Waals surface area (Å²) >= 11 is 1.26. The van der Waals surface area contributed by atoms with E-state index < -0.39 is 5.60 Å². The lowest BCUT2D eigenvalue weighted by Crippen LogP contribution is -2.64. The molecule has 5 nitrogen and oxygen atoms in total. The highest BCUT2D eigenvalue weighted by molar-refractivity contribution is 7.13. The Morgan fingerprint density at radius 2 is 2.31 bits per heavy atom. The number of hydrogen-bond acceptors (Lipinski definition) is 5. The minimum atomic E-state index is -0.628. The topological polar surface area (TPSA) is 79.5 Å². The van der Waals surface area contributed by atoms with Crippen molar-refractivity contribution in [2.45, 2.75) is 18.4 Å². The molecule has 1 amide bonds. The molecule has 1 saturated heterocycles. The van der Waals surface area contributed by atoms with E-state index in [2.05, 4.69) is 4.98 Å². The summed E-state index contributed by atoms with van der Waals surface area (Å²) in [6.07, 6.45) is 2.17. The fraction of sp³-hybridized carbons (Fsp3) is 0.600. The lowest BCUT2D eigenvalue weighted by molar-refractivity contribution is -0.0959. The van der Waals surface area contributed by atoms with E-state index in [0.29, 0.717) is 29.8 Å². The number of aliphatic hydroxyl groups is 1. The molecule has 3 rings (SSSR count). The predicted octanol–water partition coefficient (Wildman–Crippen LogP) is 0.322. The average Bonchev–Trinajstić information content (AvgIpc) is 2.96. The van der Waals surface area contributed by atoms with Gasteiger partial charge in [0.2, 0.25) is 0 Å². The van der Waals surface area contributed by atoms with E-state index in [0.717, 1.165) is 12.8 Å². The lowest BCUT2D eigenvalue weighted by Gasteiger charge is -2.46. The standard InChI is InChI=1S/C10H13N3O2S/c11-9-12-7(3-16-9)8(14)13-4-10(15,5-13)6-1-2-6/h3,6,15H,1-2,4-5H2,(H2,11,12). The Hall–Kier alpha value is -1.14. The van der Waals surface area contributed by atoms with Crippen LogP contribution in [0.4, 0.5) is 5.13 Å². The molecule has 6 heteroatoms. The van der Waals surface area contributed by atoms with Gasteiger partial charge in [-0.15, -0.1) is 11.3 Å². The molecule has 0 radical (unpaired) electrons. The zero-order valence-electron chi connectivity index (χ0n) is 8.72. The highest BCUT2D eigenvalue weighted by atomic mass is 32.1. The van der Waals surface area contributed by atoms with Gasteiger partial charge in [0.05, 0.1) is 13.1 Å². The minimum Gasteiger partial charge on any atom is -0.386 e. The van der Waals surface area contributed by atoms with E-state index in [1.807, 2.05) is 0 Å². The van der Waals surface area contributed by atoms with Gasteiger partial charge in [0, 0.05) is 5.38 Å². The third kappa shape index (κ3) is 1.49. The van der Waals surface area contributed by atoms with E-state index in [9.17, 15) is 9.90 Å². The zero-order valence-corrected chi connectivity index (χ0v) is 9.54. The fourth-order valence-electron chi connectivity index (χ4n) is 2.19. The van der Waals surface area contributed by atoms with Crippen LogP contribution in [0.1, 0.15) is 23.3 Å². The van der Waals surface area contributed by atoms with Crippen LogP contribution < -0.4 is 5.73 Å². The highest BCUT2D eigenvalue weighted by Gasteiger charge is 2.53. The van der Waals surface area contributed by atoms with Gasteiger partial charge in [0.15, 0.2) is 5.13 Å². The maximum absolute atomic E-state index is 11.9. The highest BCUT2D eigenvalue weighted by Crippen LogP contribution is 2.44. The van der Waals surface area contributed by atoms with Crippen molar-refractivity contribution in [2.75, 3.05) is 18.8 Å². The van der Waals surface area contributed by atoms with Crippen molar-refractivity contribution in [3.63, 3.8) is 0 Å². The monoisotopic (exact) mass is 239 g/mol. The van der Waals surface area contributed by atoms with E-state index in [-0.39, 0.29) is 5.91 Å². The van der Waals surface area contributed by atoms with Crippen LogP contribution in [-0.4, -0.2) is 39.6 Å². The summed E-state index contributed by atoms with van der Waals surface area (Å²) in [5.41, 5.74) is 5.24. The lowest BCUT2D eigenvalue weighted by atomic mass is 9.88. The summed E-state index contributed by atoms with van der Waals surface area (Å²) in [6.45, 7) is 0.877. The first-order valence-corrected chi connectivity index (χ1v) is 6.19. The van der Waals surface area contributed by atoms with Crippen LogP contribution in [0.25, 0.3) is 0 Å². The molecule has 16 heavy (non-hydrogen) atoms. The van der Waals surface area contributed by atoms with E-state index in [4.69, 9.17) is 5.73 Å². The van der Waals surface area contributed by atoms with Crippen LogP contribution in [-0.2, 0) is 0 Å². The summed E-state index contributed by atoms with van der Waals surface area (Å²) < 4.78 is 0. The summed E-state index contributed by atoms with van der Waals surface area (Å²) in [5, 5.41) is 12.1. The van der Waals surface area contributed by atoms with Gasteiger partial charge in [-0.25, -0.2) is 4.98 Å². The van der Waals surface area contributed by atoms with Gasteiger partial charge < -0.3 is 15.7 Å². The second-order valence-corrected chi connectivity index (χ2v) is 5.50. The number of thiazole rings is 1. The summed E-state index contributed by atoms with van der Waals surface area (Å²) in [5.74, 6) is 0.273. The first-order chi connectivity index (χ1) is 7.58. The summed E-state index contributed by atoms with van der Waals surface area (Å²) in [7, 11) is 0. The van der Waals surface area contributed by atoms with Crippen molar-refractivity contribution in [3.8, 4) is 0 Å². The maximum atomic E-state index is 11.9. The Morgan fingerprint density at radius 3 is 2.81 bits per heavy atom. The zero-order chi connectivity index (χ0) is 11.3. The van der Waals surface area contributed by atoms with Gasteiger partial charge >= 0.3 is 0 Å². The van der Waals surface area contributed by atoms with Gasteiger partial charge in [-0.2, -0.15) is 0 Å². The SMILES string of the molecule is Nc1nc(C(=O)N2CC(O)(C3CC3)C2)cs1. The van der Waals surface area contributed by atoms with Crippen molar-refractivity contribution in [1.29, 1.82) is 0 Å². The van der Waals surface area contributed by atoms with E-state index in [1.165, 1.54) is 11.3 Å². The van der Waals surface area contributed by atoms with Crippen molar-refractivity contribution in [1.82, 2.24) is 9.88 Å². The first-order valence-electron chi connectivity index (χ1n) is 5.31.